The van der Waals surface area contributed by atoms with Crippen LogP contribution in [0.25, 0.3) is 0 Å². The molecule has 3 rings (SSSR count). The van der Waals surface area contributed by atoms with Crippen molar-refractivity contribution < 1.29 is 24.0 Å². The molecule has 0 aromatic rings. The molecule has 36 heavy (non-hydrogen) atoms. The first-order valence-electron chi connectivity index (χ1n) is 13.7. The van der Waals surface area contributed by atoms with E-state index in [-0.39, 0.29) is 17.5 Å². The van der Waals surface area contributed by atoms with E-state index in [9.17, 15) is 24.0 Å². The number of rotatable bonds is 12. The lowest BCUT2D eigenvalue weighted by Gasteiger charge is -2.39. The first-order chi connectivity index (χ1) is 17.2. The van der Waals surface area contributed by atoms with E-state index in [4.69, 9.17) is 5.73 Å². The Labute approximate surface area is 213 Å². The molecule has 3 atom stereocenters. The molecular formula is C26H43N5O5. The summed E-state index contributed by atoms with van der Waals surface area (Å²) in [5.74, 6) is -2.19. The van der Waals surface area contributed by atoms with Crippen molar-refractivity contribution in [2.45, 2.75) is 121 Å². The standard InChI is InChI=1S/C26H43N5O5/c1-3-4-6-10-19(21(32)22(27)33)29-23(34)20-11-9-16-31(20)24(35)17(2)28-25(36)30-26(18-12-13-18)14-7-5-8-15-26/h17-20H,3-16H2,1-2H3,(H2,27,33)(H,29,34)(H2,28,30,36)/t17-,19-,20-/m0/s1. The van der Waals surface area contributed by atoms with E-state index in [1.54, 1.807) is 6.92 Å². The number of amides is 5. The van der Waals surface area contributed by atoms with Crippen LogP contribution >= 0.6 is 0 Å². The van der Waals surface area contributed by atoms with Crippen molar-refractivity contribution in [1.82, 2.24) is 20.9 Å². The molecule has 5 amide bonds. The summed E-state index contributed by atoms with van der Waals surface area (Å²) in [5, 5.41) is 8.65. The van der Waals surface area contributed by atoms with E-state index < -0.39 is 35.7 Å². The van der Waals surface area contributed by atoms with E-state index in [1.165, 1.54) is 11.3 Å². The van der Waals surface area contributed by atoms with Crippen molar-refractivity contribution in [2.24, 2.45) is 11.7 Å². The minimum atomic E-state index is -1.08. The Balaban J connectivity index is 1.57. The lowest BCUT2D eigenvalue weighted by Crippen LogP contribution is -2.59. The number of nitrogens with zero attached hydrogens (tertiary/aromatic N) is 1. The highest BCUT2D eigenvalue weighted by molar-refractivity contribution is 6.37. The number of hydrogen-bond donors (Lipinski definition) is 4. The van der Waals surface area contributed by atoms with Gasteiger partial charge in [0.25, 0.3) is 5.91 Å². The summed E-state index contributed by atoms with van der Waals surface area (Å²) in [6.07, 6.45) is 11.5. The Kier molecular flexibility index (Phi) is 9.73. The van der Waals surface area contributed by atoms with Crippen molar-refractivity contribution in [3.05, 3.63) is 0 Å². The van der Waals surface area contributed by atoms with Crippen molar-refractivity contribution in [2.75, 3.05) is 6.54 Å². The van der Waals surface area contributed by atoms with E-state index in [1.807, 2.05) is 6.92 Å². The summed E-state index contributed by atoms with van der Waals surface area (Å²) >= 11 is 0. The molecule has 0 aromatic heterocycles. The summed E-state index contributed by atoms with van der Waals surface area (Å²) in [5.41, 5.74) is 5.01. The molecule has 0 unspecified atom stereocenters. The number of likely N-dealkylation sites (tertiary alicyclic amines) is 1. The van der Waals surface area contributed by atoms with Gasteiger partial charge >= 0.3 is 6.03 Å². The molecule has 10 heteroatoms. The number of carbonyl (C=O) groups is 5. The van der Waals surface area contributed by atoms with Gasteiger partial charge in [-0.3, -0.25) is 19.2 Å². The van der Waals surface area contributed by atoms with E-state index >= 15 is 0 Å². The molecule has 3 fully saturated rings. The number of unbranched alkanes of at least 4 members (excludes halogenated alkanes) is 2. The topological polar surface area (TPSA) is 151 Å². The summed E-state index contributed by atoms with van der Waals surface area (Å²) < 4.78 is 0. The zero-order valence-corrected chi connectivity index (χ0v) is 21.8. The van der Waals surface area contributed by atoms with Crippen LogP contribution in [0.2, 0.25) is 0 Å². The van der Waals surface area contributed by atoms with Crippen LogP contribution in [0.4, 0.5) is 4.79 Å². The number of nitrogens with one attached hydrogen (secondary N) is 3. The lowest BCUT2D eigenvalue weighted by molar-refractivity contribution is -0.142. The number of Topliss-reactive ketones (excluding diaryl/α,β-unsaturated/α-hetero) is 1. The van der Waals surface area contributed by atoms with Gasteiger partial charge in [-0.2, -0.15) is 0 Å². The van der Waals surface area contributed by atoms with Gasteiger partial charge in [0.05, 0.1) is 6.04 Å². The van der Waals surface area contributed by atoms with Crippen LogP contribution < -0.4 is 21.7 Å². The third kappa shape index (κ3) is 6.97. The van der Waals surface area contributed by atoms with Gasteiger partial charge in [-0.25, -0.2) is 4.79 Å². The van der Waals surface area contributed by atoms with Crippen molar-refractivity contribution in [3.63, 3.8) is 0 Å². The maximum absolute atomic E-state index is 13.2. The smallest absolute Gasteiger partial charge is 0.315 e. The molecule has 202 valence electrons. The molecule has 10 nitrogen and oxygen atoms in total. The fourth-order valence-corrected chi connectivity index (χ4v) is 5.83. The number of nitrogens with two attached hydrogens (primary N) is 1. The molecule has 0 radical (unpaired) electrons. The molecule has 3 aliphatic rings. The van der Waals surface area contributed by atoms with Crippen molar-refractivity contribution in [3.8, 4) is 0 Å². The lowest BCUT2D eigenvalue weighted by atomic mass is 9.78. The molecule has 1 saturated heterocycles. The SMILES string of the molecule is CCCCC[C@H](NC(=O)[C@@H]1CCCN1C(=O)[C@H](C)NC(=O)NC1(C2CC2)CCCCC1)C(=O)C(N)=O. The van der Waals surface area contributed by atoms with Gasteiger partial charge in [0.15, 0.2) is 0 Å². The van der Waals surface area contributed by atoms with Gasteiger partial charge in [0, 0.05) is 12.1 Å². The fourth-order valence-electron chi connectivity index (χ4n) is 5.83. The second-order valence-electron chi connectivity index (χ2n) is 10.8. The zero-order chi connectivity index (χ0) is 26.3. The molecule has 0 bridgehead atoms. The maximum atomic E-state index is 13.2. The summed E-state index contributed by atoms with van der Waals surface area (Å²) in [7, 11) is 0. The molecule has 1 heterocycles. The number of ketones is 1. The summed E-state index contributed by atoms with van der Waals surface area (Å²) in [6.45, 7) is 4.03. The number of primary amides is 1. The average Bonchev–Trinajstić information content (AvgIpc) is 3.60. The monoisotopic (exact) mass is 505 g/mol. The number of hydrogen-bond acceptors (Lipinski definition) is 5. The van der Waals surface area contributed by atoms with Gasteiger partial charge in [-0.05, 0) is 57.8 Å². The van der Waals surface area contributed by atoms with Gasteiger partial charge in [-0.1, -0.05) is 45.4 Å². The zero-order valence-electron chi connectivity index (χ0n) is 21.8. The molecule has 1 aliphatic heterocycles. The summed E-state index contributed by atoms with van der Waals surface area (Å²) in [6, 6.07) is -2.89. The fraction of sp³-hybridized carbons (Fsp3) is 0.808. The van der Waals surface area contributed by atoms with Crippen molar-refractivity contribution >= 4 is 29.5 Å². The van der Waals surface area contributed by atoms with Crippen LogP contribution in [0.5, 0.6) is 0 Å². The molecule has 0 spiro atoms. The Morgan fingerprint density at radius 3 is 2.28 bits per heavy atom. The van der Waals surface area contributed by atoms with E-state index in [0.717, 1.165) is 51.4 Å². The summed E-state index contributed by atoms with van der Waals surface area (Å²) in [4.78, 5) is 64.3. The van der Waals surface area contributed by atoms with Crippen LogP contribution in [-0.2, 0) is 19.2 Å². The quantitative estimate of drug-likeness (QED) is 0.236. The predicted octanol–water partition coefficient (Wildman–Crippen LogP) is 1.90. The highest BCUT2D eigenvalue weighted by Crippen LogP contribution is 2.47. The Morgan fingerprint density at radius 2 is 1.67 bits per heavy atom. The Morgan fingerprint density at radius 1 is 0.972 bits per heavy atom. The van der Waals surface area contributed by atoms with Crippen LogP contribution in [0.3, 0.4) is 0 Å². The highest BCUT2D eigenvalue weighted by Gasteiger charge is 2.47. The third-order valence-corrected chi connectivity index (χ3v) is 8.00. The third-order valence-electron chi connectivity index (χ3n) is 8.00. The minimum Gasteiger partial charge on any atom is -0.363 e. The molecular weight excluding hydrogens is 462 g/mol. The van der Waals surface area contributed by atoms with Crippen LogP contribution in [0.15, 0.2) is 0 Å². The average molecular weight is 506 g/mol. The largest absolute Gasteiger partial charge is 0.363 e. The van der Waals surface area contributed by atoms with Crippen LogP contribution in [0, 0.1) is 5.92 Å². The van der Waals surface area contributed by atoms with E-state index in [2.05, 4.69) is 16.0 Å². The normalized spacial score (nSPS) is 22.8. The van der Waals surface area contributed by atoms with E-state index in [0.29, 0.717) is 38.1 Å². The highest BCUT2D eigenvalue weighted by atomic mass is 16.2. The second kappa shape index (κ2) is 12.5. The first-order valence-corrected chi connectivity index (χ1v) is 13.7. The Bertz CT molecular complexity index is 837. The minimum absolute atomic E-state index is 0.166. The molecule has 0 aromatic carbocycles. The van der Waals surface area contributed by atoms with Gasteiger partial charge in [-0.15, -0.1) is 0 Å². The van der Waals surface area contributed by atoms with Gasteiger partial charge < -0.3 is 26.6 Å². The van der Waals surface area contributed by atoms with Gasteiger partial charge in [0.1, 0.15) is 12.1 Å². The van der Waals surface area contributed by atoms with Crippen molar-refractivity contribution in [1.29, 1.82) is 0 Å². The number of carbonyl (C=O) groups excluding carboxylic acids is 5. The van der Waals surface area contributed by atoms with Crippen LogP contribution in [-0.4, -0.2) is 64.6 Å². The number of urea groups is 1. The first kappa shape index (κ1) is 27.9. The Hall–Kier alpha value is -2.65. The molecule has 5 N–H and O–H groups in total. The molecule has 2 saturated carbocycles. The maximum Gasteiger partial charge on any atom is 0.315 e. The molecule has 2 aliphatic carbocycles. The second-order valence-corrected chi connectivity index (χ2v) is 10.8. The van der Waals surface area contributed by atoms with Gasteiger partial charge in [0.2, 0.25) is 17.6 Å². The predicted molar refractivity (Wildman–Crippen MR) is 135 cm³/mol. The van der Waals surface area contributed by atoms with Crippen LogP contribution in [0.1, 0.15) is 97.3 Å².